The maximum absolute atomic E-state index is 10.7. The lowest BCUT2D eigenvalue weighted by atomic mass is 10.3. The maximum Gasteiger partial charge on any atom is 0.193 e. The standard InChI is InChI=1S/C6H13O3S/c1-3-4-5-6(7)10(2,8)9/h6H,3-5H2,1-2H3. The van der Waals surface area contributed by atoms with E-state index >= 15 is 0 Å². The zero-order valence-electron chi connectivity index (χ0n) is 6.33. The van der Waals surface area contributed by atoms with Crippen LogP contribution in [0.3, 0.4) is 0 Å². The molecular weight excluding hydrogens is 152 g/mol. The molecule has 0 saturated carbocycles. The number of hydrogen-bond acceptors (Lipinski definition) is 2. The summed E-state index contributed by atoms with van der Waals surface area (Å²) in [6.07, 6.45) is 2.80. The Bertz CT molecular complexity index is 171. The molecule has 0 heterocycles. The molecule has 1 radical (unpaired) electrons. The normalized spacial score (nSPS) is 15.1. The van der Waals surface area contributed by atoms with Crippen molar-refractivity contribution in [2.75, 3.05) is 6.26 Å². The van der Waals surface area contributed by atoms with Gasteiger partial charge in [0.15, 0.2) is 15.3 Å². The van der Waals surface area contributed by atoms with E-state index in [1.54, 1.807) is 0 Å². The van der Waals surface area contributed by atoms with Crippen LogP contribution in [0, 0.1) is 0 Å². The molecule has 0 fully saturated rings. The minimum absolute atomic E-state index is 0.245. The Kier molecular flexibility index (Phi) is 3.89. The van der Waals surface area contributed by atoms with Crippen LogP contribution in [-0.4, -0.2) is 20.1 Å². The number of rotatable bonds is 4. The van der Waals surface area contributed by atoms with Crippen LogP contribution >= 0.6 is 0 Å². The van der Waals surface area contributed by atoms with Gasteiger partial charge in [0.05, 0.1) is 0 Å². The first-order chi connectivity index (χ1) is 4.48. The van der Waals surface area contributed by atoms with Gasteiger partial charge in [0.25, 0.3) is 0 Å². The van der Waals surface area contributed by atoms with E-state index in [4.69, 9.17) is 0 Å². The van der Waals surface area contributed by atoms with Gasteiger partial charge in [-0.05, 0) is 12.8 Å². The van der Waals surface area contributed by atoms with E-state index < -0.39 is 15.3 Å². The lowest BCUT2D eigenvalue weighted by Crippen LogP contribution is -2.17. The fourth-order valence-electron chi connectivity index (χ4n) is 0.585. The van der Waals surface area contributed by atoms with Crippen LogP contribution in [0.15, 0.2) is 0 Å². The SMILES string of the molecule is CCCCC([O])S(C)(=O)=O. The monoisotopic (exact) mass is 165 g/mol. The number of unbranched alkanes of at least 4 members (excludes halogenated alkanes) is 1. The molecule has 0 aliphatic rings. The van der Waals surface area contributed by atoms with E-state index in [-0.39, 0.29) is 6.42 Å². The summed E-state index contributed by atoms with van der Waals surface area (Å²) in [6.45, 7) is 1.93. The molecule has 0 N–H and O–H groups in total. The predicted molar refractivity (Wildman–Crippen MR) is 38.8 cm³/mol. The molecule has 0 aromatic rings. The largest absolute Gasteiger partial charge is 0.226 e. The summed E-state index contributed by atoms with van der Waals surface area (Å²) in [6, 6.07) is 0. The van der Waals surface area contributed by atoms with E-state index in [2.05, 4.69) is 0 Å². The van der Waals surface area contributed by atoms with Crippen molar-refractivity contribution in [1.29, 1.82) is 0 Å². The molecule has 0 aromatic heterocycles. The fraction of sp³-hybridized carbons (Fsp3) is 1.00. The molecule has 3 nitrogen and oxygen atoms in total. The summed E-state index contributed by atoms with van der Waals surface area (Å²) in [5.41, 5.74) is -1.41. The fourth-order valence-corrected chi connectivity index (χ4v) is 1.18. The average Bonchev–Trinajstić information content (AvgIpc) is 1.80. The summed E-state index contributed by atoms with van der Waals surface area (Å²) in [4.78, 5) is 0. The summed E-state index contributed by atoms with van der Waals surface area (Å²) in [5.74, 6) is 0. The highest BCUT2D eigenvalue weighted by Crippen LogP contribution is 2.05. The van der Waals surface area contributed by atoms with Crippen molar-refractivity contribution >= 4 is 9.84 Å². The highest BCUT2D eigenvalue weighted by Gasteiger charge is 2.17. The lowest BCUT2D eigenvalue weighted by molar-refractivity contribution is 0.145. The van der Waals surface area contributed by atoms with Gasteiger partial charge in [-0.3, -0.25) is 0 Å². The molecule has 4 heteroatoms. The summed E-state index contributed by atoms with van der Waals surface area (Å²) in [5, 5.41) is 10.7. The quantitative estimate of drug-likeness (QED) is 0.623. The van der Waals surface area contributed by atoms with Crippen LogP contribution in [0.25, 0.3) is 0 Å². The first-order valence-corrected chi connectivity index (χ1v) is 5.28. The van der Waals surface area contributed by atoms with Gasteiger partial charge >= 0.3 is 0 Å². The van der Waals surface area contributed by atoms with E-state index in [0.29, 0.717) is 6.42 Å². The maximum atomic E-state index is 10.7. The predicted octanol–water partition coefficient (Wildman–Crippen LogP) is 0.978. The van der Waals surface area contributed by atoms with Crippen LogP contribution in [0.1, 0.15) is 26.2 Å². The first-order valence-electron chi connectivity index (χ1n) is 3.33. The van der Waals surface area contributed by atoms with E-state index in [9.17, 15) is 13.5 Å². The molecule has 0 bridgehead atoms. The van der Waals surface area contributed by atoms with Crippen LogP contribution in [0.5, 0.6) is 0 Å². The molecule has 0 amide bonds. The summed E-state index contributed by atoms with van der Waals surface area (Å²) in [7, 11) is -3.33. The van der Waals surface area contributed by atoms with Gasteiger partial charge in [-0.15, -0.1) is 0 Å². The molecule has 0 rings (SSSR count). The third-order valence-electron chi connectivity index (χ3n) is 1.27. The molecule has 0 aromatic carbocycles. The van der Waals surface area contributed by atoms with Gasteiger partial charge in [-0.1, -0.05) is 13.3 Å². The first kappa shape index (κ1) is 9.91. The van der Waals surface area contributed by atoms with Crippen molar-refractivity contribution in [2.24, 2.45) is 0 Å². The smallest absolute Gasteiger partial charge is 0.193 e. The van der Waals surface area contributed by atoms with Crippen molar-refractivity contribution in [2.45, 2.75) is 31.6 Å². The Morgan fingerprint density at radius 1 is 1.40 bits per heavy atom. The van der Waals surface area contributed by atoms with Crippen molar-refractivity contribution in [3.05, 3.63) is 0 Å². The number of hydrogen-bond donors (Lipinski definition) is 0. The zero-order chi connectivity index (χ0) is 8.20. The zero-order valence-corrected chi connectivity index (χ0v) is 7.15. The van der Waals surface area contributed by atoms with Crippen LogP contribution in [0.2, 0.25) is 0 Å². The molecule has 0 spiro atoms. The van der Waals surface area contributed by atoms with E-state index in [0.717, 1.165) is 12.7 Å². The molecule has 1 atom stereocenters. The molecule has 1 unspecified atom stereocenters. The Balaban J connectivity index is 3.75. The Morgan fingerprint density at radius 2 is 1.90 bits per heavy atom. The molecule has 10 heavy (non-hydrogen) atoms. The van der Waals surface area contributed by atoms with Crippen molar-refractivity contribution in [3.63, 3.8) is 0 Å². The highest BCUT2D eigenvalue weighted by atomic mass is 32.2. The molecule has 0 saturated heterocycles. The van der Waals surface area contributed by atoms with Crippen LogP contribution in [0.4, 0.5) is 0 Å². The molecule has 61 valence electrons. The third-order valence-corrected chi connectivity index (χ3v) is 2.46. The minimum Gasteiger partial charge on any atom is -0.226 e. The van der Waals surface area contributed by atoms with Gasteiger partial charge in [0.2, 0.25) is 0 Å². The van der Waals surface area contributed by atoms with E-state index in [1.807, 2.05) is 6.92 Å². The second-order valence-corrected chi connectivity index (χ2v) is 4.59. The summed E-state index contributed by atoms with van der Waals surface area (Å²) >= 11 is 0. The molecule has 0 aliphatic carbocycles. The Morgan fingerprint density at radius 3 is 2.20 bits per heavy atom. The minimum atomic E-state index is -3.33. The molecular formula is C6H13O3S. The topological polar surface area (TPSA) is 54.0 Å². The summed E-state index contributed by atoms with van der Waals surface area (Å²) < 4.78 is 21.0. The second-order valence-electron chi connectivity index (χ2n) is 2.40. The number of sulfone groups is 1. The van der Waals surface area contributed by atoms with Gasteiger partial charge in [0.1, 0.15) is 0 Å². The van der Waals surface area contributed by atoms with Gasteiger partial charge in [-0.2, -0.15) is 0 Å². The Labute approximate surface area is 62.0 Å². The highest BCUT2D eigenvalue weighted by molar-refractivity contribution is 7.91. The van der Waals surface area contributed by atoms with E-state index in [1.165, 1.54) is 0 Å². The van der Waals surface area contributed by atoms with Crippen LogP contribution in [-0.2, 0) is 14.9 Å². The van der Waals surface area contributed by atoms with Gasteiger partial charge in [-0.25, -0.2) is 13.5 Å². The van der Waals surface area contributed by atoms with Crippen molar-refractivity contribution in [1.82, 2.24) is 0 Å². The van der Waals surface area contributed by atoms with Gasteiger partial charge < -0.3 is 0 Å². The average molecular weight is 165 g/mol. The second kappa shape index (κ2) is 3.93. The van der Waals surface area contributed by atoms with Crippen molar-refractivity contribution < 1.29 is 13.5 Å². The Hall–Kier alpha value is -0.0900. The third kappa shape index (κ3) is 3.85. The van der Waals surface area contributed by atoms with Crippen LogP contribution < -0.4 is 0 Å². The lowest BCUT2D eigenvalue weighted by Gasteiger charge is -2.02. The molecule has 0 aliphatic heterocycles. The van der Waals surface area contributed by atoms with Gasteiger partial charge in [0, 0.05) is 6.26 Å². The van der Waals surface area contributed by atoms with Crippen molar-refractivity contribution in [3.8, 4) is 0 Å².